The summed E-state index contributed by atoms with van der Waals surface area (Å²) in [5, 5.41) is 13.1. The van der Waals surface area contributed by atoms with E-state index in [4.69, 9.17) is 0 Å². The van der Waals surface area contributed by atoms with Crippen molar-refractivity contribution < 1.29 is 27.5 Å². The Hall–Kier alpha value is -1.63. The topological polar surface area (TPSA) is 49.3 Å². The summed E-state index contributed by atoms with van der Waals surface area (Å²) in [5.41, 5.74) is 2.01. The Morgan fingerprint density at radius 1 is 0.958 bits per heavy atom. The largest absolute Gasteiger partial charge is 0.481 e. The van der Waals surface area contributed by atoms with Gasteiger partial charge in [0.25, 0.3) is 0 Å². The van der Waals surface area contributed by atoms with Crippen LogP contribution in [0.25, 0.3) is 0 Å². The zero-order valence-electron chi connectivity index (χ0n) is 30.6. The summed E-state index contributed by atoms with van der Waals surface area (Å²) in [7, 11) is 0. The first kappa shape index (κ1) is 36.2. The number of rotatable bonds is 7. The van der Waals surface area contributed by atoms with Crippen molar-refractivity contribution in [2.24, 2.45) is 56.7 Å². The molecule has 6 aliphatic rings. The van der Waals surface area contributed by atoms with Crippen molar-refractivity contribution >= 4 is 5.97 Å². The molecule has 6 aliphatic carbocycles. The number of alkyl halides is 4. The van der Waals surface area contributed by atoms with Gasteiger partial charge in [-0.05, 0) is 153 Å². The Balaban J connectivity index is 1.32. The Labute approximate surface area is 286 Å². The third-order valence-corrected chi connectivity index (χ3v) is 16.6. The normalized spacial score (nSPS) is 45.9. The molecule has 0 radical (unpaired) electrons. The van der Waals surface area contributed by atoms with Gasteiger partial charge in [0.1, 0.15) is 12.7 Å². The molecule has 4 fully saturated rings. The fourth-order valence-electron chi connectivity index (χ4n) is 13.8. The molecule has 270 valence electrons. The maximum atomic E-state index is 14.2. The second-order valence-corrected chi connectivity index (χ2v) is 18.7. The molecule has 0 saturated heterocycles. The van der Waals surface area contributed by atoms with Crippen LogP contribution in [0.2, 0.25) is 0 Å². The van der Waals surface area contributed by atoms with Gasteiger partial charge in [0.2, 0.25) is 0 Å². The maximum absolute atomic E-state index is 14.2. The molecule has 1 unspecified atom stereocenters. The van der Waals surface area contributed by atoms with E-state index in [0.29, 0.717) is 30.6 Å². The van der Waals surface area contributed by atoms with Crippen molar-refractivity contribution in [1.82, 2.24) is 5.32 Å². The van der Waals surface area contributed by atoms with Gasteiger partial charge >= 0.3 is 12.1 Å². The number of carboxylic acids is 1. The molecule has 3 nitrogen and oxygen atoms in total. The smallest absolute Gasteiger partial charge is 0.403 e. The molecule has 0 aromatic carbocycles. The molecule has 7 heteroatoms. The van der Waals surface area contributed by atoms with E-state index in [-0.39, 0.29) is 46.3 Å². The van der Waals surface area contributed by atoms with Crippen molar-refractivity contribution in [3.8, 4) is 0 Å². The van der Waals surface area contributed by atoms with Gasteiger partial charge in [0.15, 0.2) is 0 Å². The number of hydrogen-bond donors (Lipinski definition) is 2. The summed E-state index contributed by atoms with van der Waals surface area (Å²) in [5.74, 6) is 0.720. The molecule has 0 aliphatic heterocycles. The lowest BCUT2D eigenvalue weighted by molar-refractivity contribution is -0.225. The molecule has 11 atom stereocenters. The molecular weight excluding hydrogens is 614 g/mol. The Bertz CT molecular complexity index is 1380. The van der Waals surface area contributed by atoms with Crippen LogP contribution in [0, 0.1) is 56.7 Å². The molecule has 0 aromatic heterocycles. The van der Waals surface area contributed by atoms with Gasteiger partial charge in [-0.15, -0.1) is 0 Å². The lowest BCUT2D eigenvalue weighted by atomic mass is 9.33. The van der Waals surface area contributed by atoms with Crippen molar-refractivity contribution in [2.45, 2.75) is 150 Å². The van der Waals surface area contributed by atoms with Crippen molar-refractivity contribution in [3.63, 3.8) is 0 Å². The highest BCUT2D eigenvalue weighted by Gasteiger charge is 2.71. The molecule has 0 spiro atoms. The summed E-state index contributed by atoms with van der Waals surface area (Å²) in [6.07, 6.45) is 10.3. The number of carbonyl (C=O) groups is 1. The predicted molar refractivity (Wildman–Crippen MR) is 184 cm³/mol. The van der Waals surface area contributed by atoms with Gasteiger partial charge in [-0.1, -0.05) is 65.8 Å². The molecule has 0 aromatic rings. The summed E-state index contributed by atoms with van der Waals surface area (Å²) < 4.78 is 56.6. The summed E-state index contributed by atoms with van der Waals surface area (Å²) in [6.45, 7) is 19.7. The standard InChI is InChI=1S/C41H61F4NO2/c1-9-32(41(43,44)45)46-40-21-14-27(25(2)3)33(40)29-10-11-31-36(6)17-15-28(26-12-19-39(24-42,20-13-26)34(47)48)35(4,5)30(36)16-18-38(31,8)37(29,7)22-23-40/h12,15,27,29-33,46H,2,9-11,13-14,16-24H2,1,3-8H3,(H,47,48)/t27-,29+,30-,31+,32?,33+,36-,37+,38+,39-,40-/m0/s1. The summed E-state index contributed by atoms with van der Waals surface area (Å²) >= 11 is 0. The number of hydrogen-bond acceptors (Lipinski definition) is 2. The number of carboxylic acid groups (broad SMARTS) is 1. The van der Waals surface area contributed by atoms with Crippen molar-refractivity contribution in [2.75, 3.05) is 6.67 Å². The van der Waals surface area contributed by atoms with Gasteiger partial charge in [0.05, 0.1) is 5.41 Å². The highest BCUT2D eigenvalue weighted by Crippen LogP contribution is 2.76. The zero-order chi connectivity index (χ0) is 35.3. The minimum absolute atomic E-state index is 0.0320. The third kappa shape index (κ3) is 4.99. The number of fused-ring (bicyclic) bond motifs is 7. The van der Waals surface area contributed by atoms with Crippen LogP contribution in [0.15, 0.2) is 35.5 Å². The highest BCUT2D eigenvalue weighted by molar-refractivity contribution is 5.75. The minimum atomic E-state index is -4.26. The molecule has 2 N–H and O–H groups in total. The number of nitrogens with one attached hydrogen (secondary N) is 1. The van der Waals surface area contributed by atoms with Gasteiger partial charge < -0.3 is 10.4 Å². The number of halogens is 4. The predicted octanol–water partition coefficient (Wildman–Crippen LogP) is 11.0. The van der Waals surface area contributed by atoms with Crippen LogP contribution < -0.4 is 5.32 Å². The van der Waals surface area contributed by atoms with Gasteiger partial charge in [-0.3, -0.25) is 4.79 Å². The average molecular weight is 676 g/mol. The van der Waals surface area contributed by atoms with E-state index in [1.165, 1.54) is 11.1 Å². The van der Waals surface area contributed by atoms with Gasteiger partial charge in [-0.2, -0.15) is 13.2 Å². The molecule has 0 bridgehead atoms. The first-order chi connectivity index (χ1) is 22.3. The lowest BCUT2D eigenvalue weighted by Gasteiger charge is -2.72. The van der Waals surface area contributed by atoms with Crippen molar-refractivity contribution in [1.29, 1.82) is 0 Å². The average Bonchev–Trinajstić information content (AvgIpc) is 3.39. The Morgan fingerprint density at radius 2 is 1.67 bits per heavy atom. The highest BCUT2D eigenvalue weighted by atomic mass is 19.4. The zero-order valence-corrected chi connectivity index (χ0v) is 30.6. The van der Waals surface area contributed by atoms with Crippen LogP contribution >= 0.6 is 0 Å². The van der Waals surface area contributed by atoms with E-state index in [2.05, 4.69) is 59.5 Å². The van der Waals surface area contributed by atoms with Crippen molar-refractivity contribution in [3.05, 3.63) is 35.5 Å². The molecule has 0 heterocycles. The second kappa shape index (κ2) is 11.7. The molecule has 0 amide bonds. The fraction of sp³-hybridized carbons (Fsp3) is 0.829. The van der Waals surface area contributed by atoms with E-state index in [9.17, 15) is 27.5 Å². The molecule has 6 rings (SSSR count). The van der Waals surface area contributed by atoms with Crippen LogP contribution in [0.5, 0.6) is 0 Å². The summed E-state index contributed by atoms with van der Waals surface area (Å²) in [6, 6.07) is -1.48. The van der Waals surface area contributed by atoms with Crippen LogP contribution in [0.1, 0.15) is 132 Å². The first-order valence-corrected chi connectivity index (χ1v) is 19.0. The molecule has 4 saturated carbocycles. The van der Waals surface area contributed by atoms with Crippen LogP contribution in [-0.2, 0) is 4.79 Å². The number of aliphatic carboxylic acids is 1. The first-order valence-electron chi connectivity index (χ1n) is 19.0. The number of allylic oxidation sites excluding steroid dienone is 5. The minimum Gasteiger partial charge on any atom is -0.481 e. The monoisotopic (exact) mass is 675 g/mol. The fourth-order valence-corrected chi connectivity index (χ4v) is 13.8. The van der Waals surface area contributed by atoms with E-state index in [0.717, 1.165) is 63.4 Å². The van der Waals surface area contributed by atoms with Gasteiger partial charge in [-0.25, -0.2) is 4.39 Å². The Kier molecular flexibility index (Phi) is 8.82. The van der Waals surface area contributed by atoms with Crippen LogP contribution in [0.4, 0.5) is 17.6 Å². The van der Waals surface area contributed by atoms with Crippen LogP contribution in [0.3, 0.4) is 0 Å². The van der Waals surface area contributed by atoms with Gasteiger partial charge in [0, 0.05) is 5.54 Å². The third-order valence-electron chi connectivity index (χ3n) is 16.6. The van der Waals surface area contributed by atoms with E-state index in [1.807, 2.05) is 6.08 Å². The second-order valence-electron chi connectivity index (χ2n) is 18.7. The molecular formula is C41H61F4NO2. The quantitative estimate of drug-likeness (QED) is 0.209. The Morgan fingerprint density at radius 3 is 2.23 bits per heavy atom. The summed E-state index contributed by atoms with van der Waals surface area (Å²) in [4.78, 5) is 11.9. The SMILES string of the molecule is C=C(C)[C@@H]1CC[C@]2(NC(CC)C(F)(F)F)CC[C@]3(C)[C@H](CC[C@@H]4[C@@]5(C)CC=C(C6=CC[C@](CF)(C(=O)O)CC6)C(C)(C)[C@@H]5CC[C@]43C)[C@@H]12. The van der Waals surface area contributed by atoms with Crippen LogP contribution in [-0.4, -0.2) is 35.5 Å². The van der Waals surface area contributed by atoms with E-state index < -0.39 is 35.8 Å². The maximum Gasteiger partial charge on any atom is 0.403 e. The van der Waals surface area contributed by atoms with E-state index >= 15 is 0 Å². The lowest BCUT2D eigenvalue weighted by Crippen LogP contribution is -2.69. The molecule has 48 heavy (non-hydrogen) atoms. The van der Waals surface area contributed by atoms with E-state index in [1.54, 1.807) is 6.92 Å².